The largest absolute Gasteiger partial charge is 0.508 e. The molecule has 0 saturated carbocycles. The van der Waals surface area contributed by atoms with Gasteiger partial charge in [0, 0.05) is 12.1 Å². The van der Waals surface area contributed by atoms with Gasteiger partial charge in [-0.1, -0.05) is 0 Å². The zero-order chi connectivity index (χ0) is 10.4. The van der Waals surface area contributed by atoms with Gasteiger partial charge in [-0.2, -0.15) is 0 Å². The molecule has 0 aliphatic carbocycles. The first-order chi connectivity index (χ1) is 6.74. The van der Waals surface area contributed by atoms with E-state index in [2.05, 4.69) is 5.32 Å². The highest BCUT2D eigenvalue weighted by molar-refractivity contribution is 5.32. The highest BCUT2D eigenvalue weighted by atomic mass is 19.1. The molecule has 0 saturated heterocycles. The number of rotatable bonds is 5. The third kappa shape index (κ3) is 3.32. The van der Waals surface area contributed by atoms with E-state index in [-0.39, 0.29) is 11.6 Å². The molecule has 0 amide bonds. The van der Waals surface area contributed by atoms with Crippen molar-refractivity contribution in [2.75, 3.05) is 13.1 Å². The Bertz CT molecular complexity index is 291. The maximum atomic E-state index is 12.8. The third-order valence-corrected chi connectivity index (χ3v) is 1.91. The molecular weight excluding hydrogens is 183 g/mol. The van der Waals surface area contributed by atoms with Gasteiger partial charge in [-0.05, 0) is 37.7 Å². The zero-order valence-electron chi connectivity index (χ0n) is 7.96. The smallest absolute Gasteiger partial charge is 0.123 e. The van der Waals surface area contributed by atoms with Crippen LogP contribution in [0.3, 0.4) is 0 Å². The fourth-order valence-electron chi connectivity index (χ4n) is 1.15. The molecular formula is C10H15FN2O. The fraction of sp³-hybridized carbons (Fsp3) is 0.400. The number of aromatic hydroxyl groups is 1. The van der Waals surface area contributed by atoms with Crippen molar-refractivity contribution in [3.8, 4) is 5.75 Å². The molecule has 0 aliphatic rings. The van der Waals surface area contributed by atoms with Gasteiger partial charge in [-0.15, -0.1) is 0 Å². The minimum Gasteiger partial charge on any atom is -0.508 e. The molecule has 3 nitrogen and oxygen atoms in total. The summed E-state index contributed by atoms with van der Waals surface area (Å²) in [5.74, 6) is -0.218. The third-order valence-electron chi connectivity index (χ3n) is 1.91. The molecule has 78 valence electrons. The van der Waals surface area contributed by atoms with E-state index >= 15 is 0 Å². The van der Waals surface area contributed by atoms with Crippen molar-refractivity contribution in [1.29, 1.82) is 0 Å². The van der Waals surface area contributed by atoms with Gasteiger partial charge >= 0.3 is 0 Å². The first-order valence-electron chi connectivity index (χ1n) is 4.62. The number of phenols is 1. The first-order valence-corrected chi connectivity index (χ1v) is 4.62. The van der Waals surface area contributed by atoms with Crippen molar-refractivity contribution in [3.63, 3.8) is 0 Å². The lowest BCUT2D eigenvalue weighted by molar-refractivity contribution is 0.461. The monoisotopic (exact) mass is 198 g/mol. The predicted molar refractivity (Wildman–Crippen MR) is 53.4 cm³/mol. The molecule has 0 spiro atoms. The minimum absolute atomic E-state index is 0.117. The lowest BCUT2D eigenvalue weighted by atomic mass is 10.2. The summed E-state index contributed by atoms with van der Waals surface area (Å²) in [6.07, 6.45) is 0.871. The Morgan fingerprint density at radius 2 is 2.21 bits per heavy atom. The topological polar surface area (TPSA) is 58.3 Å². The number of halogens is 1. The molecule has 14 heavy (non-hydrogen) atoms. The molecule has 0 aromatic heterocycles. The average molecular weight is 198 g/mol. The summed E-state index contributed by atoms with van der Waals surface area (Å²) in [7, 11) is 0. The van der Waals surface area contributed by atoms with Crippen LogP contribution in [-0.2, 0) is 6.54 Å². The van der Waals surface area contributed by atoms with E-state index in [9.17, 15) is 9.50 Å². The van der Waals surface area contributed by atoms with Crippen LogP contribution in [0.25, 0.3) is 0 Å². The molecule has 0 heterocycles. The summed E-state index contributed by atoms with van der Waals surface area (Å²) in [5, 5.41) is 12.4. The van der Waals surface area contributed by atoms with E-state index in [0.29, 0.717) is 18.7 Å². The van der Waals surface area contributed by atoms with Crippen LogP contribution in [-0.4, -0.2) is 18.2 Å². The SMILES string of the molecule is NCCCNCc1cc(F)ccc1O. The van der Waals surface area contributed by atoms with Gasteiger partial charge in [-0.3, -0.25) is 0 Å². The van der Waals surface area contributed by atoms with E-state index in [4.69, 9.17) is 5.73 Å². The van der Waals surface area contributed by atoms with Crippen LogP contribution in [0.15, 0.2) is 18.2 Å². The zero-order valence-corrected chi connectivity index (χ0v) is 7.96. The average Bonchev–Trinajstić information content (AvgIpc) is 2.18. The summed E-state index contributed by atoms with van der Waals surface area (Å²) in [6, 6.07) is 3.92. The lowest BCUT2D eigenvalue weighted by Gasteiger charge is -2.06. The molecule has 0 aliphatic heterocycles. The van der Waals surface area contributed by atoms with Gasteiger partial charge in [0.2, 0.25) is 0 Å². The molecule has 0 atom stereocenters. The Morgan fingerprint density at radius 3 is 2.93 bits per heavy atom. The number of nitrogens with two attached hydrogens (primary N) is 1. The van der Waals surface area contributed by atoms with Crippen LogP contribution in [0.5, 0.6) is 5.75 Å². The van der Waals surface area contributed by atoms with Crippen molar-refractivity contribution < 1.29 is 9.50 Å². The first kappa shape index (κ1) is 10.9. The molecule has 1 aromatic carbocycles. The Kier molecular flexibility index (Phi) is 4.35. The Hall–Kier alpha value is -1.13. The second-order valence-corrected chi connectivity index (χ2v) is 3.09. The summed E-state index contributed by atoms with van der Waals surface area (Å²) < 4.78 is 12.8. The molecule has 1 aromatic rings. The summed E-state index contributed by atoms with van der Waals surface area (Å²) in [4.78, 5) is 0. The molecule has 1 rings (SSSR count). The Labute approximate surface area is 82.7 Å². The number of nitrogens with one attached hydrogen (secondary N) is 1. The highest BCUT2D eigenvalue weighted by Gasteiger charge is 2.01. The van der Waals surface area contributed by atoms with Crippen LogP contribution in [0, 0.1) is 5.82 Å². The van der Waals surface area contributed by atoms with Crippen LogP contribution in [0.1, 0.15) is 12.0 Å². The van der Waals surface area contributed by atoms with E-state index in [1.54, 1.807) is 0 Å². The number of benzene rings is 1. The van der Waals surface area contributed by atoms with Gasteiger partial charge in [0.05, 0.1) is 0 Å². The summed E-state index contributed by atoms with van der Waals surface area (Å²) in [6.45, 7) is 1.86. The van der Waals surface area contributed by atoms with Crippen molar-refractivity contribution in [2.24, 2.45) is 5.73 Å². The molecule has 0 bridgehead atoms. The van der Waals surface area contributed by atoms with Gasteiger partial charge in [0.15, 0.2) is 0 Å². The maximum absolute atomic E-state index is 12.8. The summed E-state index contributed by atoms with van der Waals surface area (Å²) >= 11 is 0. The van der Waals surface area contributed by atoms with Gasteiger partial charge < -0.3 is 16.2 Å². The number of phenolic OH excluding ortho intramolecular Hbond substituents is 1. The normalized spacial score (nSPS) is 10.4. The maximum Gasteiger partial charge on any atom is 0.123 e. The molecule has 0 radical (unpaired) electrons. The lowest BCUT2D eigenvalue weighted by Crippen LogP contribution is -2.17. The van der Waals surface area contributed by atoms with E-state index in [0.717, 1.165) is 13.0 Å². The van der Waals surface area contributed by atoms with Crippen molar-refractivity contribution in [3.05, 3.63) is 29.6 Å². The number of hydrogen-bond acceptors (Lipinski definition) is 3. The molecule has 4 N–H and O–H groups in total. The molecule has 4 heteroatoms. The van der Waals surface area contributed by atoms with E-state index in [1.807, 2.05) is 0 Å². The van der Waals surface area contributed by atoms with Crippen LogP contribution in [0.4, 0.5) is 4.39 Å². The highest BCUT2D eigenvalue weighted by Crippen LogP contribution is 2.17. The van der Waals surface area contributed by atoms with Crippen molar-refractivity contribution in [2.45, 2.75) is 13.0 Å². The van der Waals surface area contributed by atoms with Gasteiger partial charge in [0.1, 0.15) is 11.6 Å². The molecule has 0 unspecified atom stereocenters. The second kappa shape index (κ2) is 5.57. The second-order valence-electron chi connectivity index (χ2n) is 3.09. The number of hydrogen-bond donors (Lipinski definition) is 3. The van der Waals surface area contributed by atoms with Crippen LogP contribution in [0.2, 0.25) is 0 Å². The van der Waals surface area contributed by atoms with E-state index < -0.39 is 0 Å². The standard InChI is InChI=1S/C10H15FN2O/c11-9-2-3-10(14)8(6-9)7-13-5-1-4-12/h2-3,6,13-14H,1,4-5,7,12H2. The Balaban J connectivity index is 2.45. The van der Waals surface area contributed by atoms with Crippen LogP contribution < -0.4 is 11.1 Å². The minimum atomic E-state index is -0.335. The quantitative estimate of drug-likeness (QED) is 0.618. The van der Waals surface area contributed by atoms with Gasteiger partial charge in [0.25, 0.3) is 0 Å². The van der Waals surface area contributed by atoms with Crippen LogP contribution >= 0.6 is 0 Å². The Morgan fingerprint density at radius 1 is 1.43 bits per heavy atom. The fourth-order valence-corrected chi connectivity index (χ4v) is 1.15. The van der Waals surface area contributed by atoms with E-state index in [1.165, 1.54) is 18.2 Å². The predicted octanol–water partition coefficient (Wildman–Crippen LogP) is 0.970. The molecule has 0 fully saturated rings. The summed E-state index contributed by atoms with van der Waals surface area (Å²) in [5.41, 5.74) is 5.88. The van der Waals surface area contributed by atoms with Crippen molar-refractivity contribution >= 4 is 0 Å². The van der Waals surface area contributed by atoms with Gasteiger partial charge in [-0.25, -0.2) is 4.39 Å². The van der Waals surface area contributed by atoms with Crippen molar-refractivity contribution in [1.82, 2.24) is 5.32 Å².